The Morgan fingerprint density at radius 2 is 2.19 bits per heavy atom. The van der Waals surface area contributed by atoms with E-state index in [2.05, 4.69) is 5.92 Å². The topological polar surface area (TPSA) is 63.4 Å². The molecule has 0 amide bonds. The Hall–Kier alpha value is -1.22. The van der Waals surface area contributed by atoms with Crippen LogP contribution in [0.15, 0.2) is 23.1 Å². The molecule has 0 aliphatic rings. The number of halogens is 1. The molecule has 6 heteroatoms. The van der Waals surface area contributed by atoms with Gasteiger partial charge in [0, 0.05) is 12.7 Å². The van der Waals surface area contributed by atoms with E-state index in [9.17, 15) is 8.42 Å². The predicted molar refractivity (Wildman–Crippen MR) is 64.5 cm³/mol. The number of benzene rings is 1. The number of nitrogens with two attached hydrogens (primary N) is 1. The maximum atomic E-state index is 12.0. The molecule has 0 bridgehead atoms. The molecule has 1 aromatic carbocycles. The number of anilines is 1. The lowest BCUT2D eigenvalue weighted by Crippen LogP contribution is -2.27. The first-order chi connectivity index (χ1) is 7.39. The average molecular weight is 259 g/mol. The summed E-state index contributed by atoms with van der Waals surface area (Å²) in [7, 11) is -2.29. The maximum Gasteiger partial charge on any atom is 0.245 e. The van der Waals surface area contributed by atoms with E-state index in [-0.39, 0.29) is 16.5 Å². The molecular weight excluding hydrogens is 248 g/mol. The van der Waals surface area contributed by atoms with E-state index in [1.54, 1.807) is 0 Å². The second-order valence-electron chi connectivity index (χ2n) is 3.16. The van der Waals surface area contributed by atoms with Gasteiger partial charge in [-0.1, -0.05) is 17.5 Å². The fourth-order valence-electron chi connectivity index (χ4n) is 1.10. The minimum absolute atomic E-state index is 0.0204. The summed E-state index contributed by atoms with van der Waals surface area (Å²) in [5.74, 6) is 2.25. The molecule has 0 atom stereocenters. The summed E-state index contributed by atoms with van der Waals surface area (Å²) in [5.41, 5.74) is 5.85. The Bertz CT molecular complexity index is 534. The van der Waals surface area contributed by atoms with Crippen LogP contribution >= 0.6 is 11.6 Å². The average Bonchev–Trinajstić information content (AvgIpc) is 2.22. The minimum Gasteiger partial charge on any atom is -0.399 e. The van der Waals surface area contributed by atoms with Gasteiger partial charge in [-0.05, 0) is 18.2 Å². The Morgan fingerprint density at radius 1 is 1.56 bits per heavy atom. The number of terminal acetylenes is 1. The van der Waals surface area contributed by atoms with Crippen molar-refractivity contribution < 1.29 is 8.42 Å². The van der Waals surface area contributed by atoms with Crippen molar-refractivity contribution in [2.45, 2.75) is 4.90 Å². The minimum atomic E-state index is -3.68. The Morgan fingerprint density at radius 3 is 2.75 bits per heavy atom. The summed E-state index contributed by atoms with van der Waals surface area (Å²) in [6, 6.07) is 4.28. The molecule has 0 fully saturated rings. The second-order valence-corrected chi connectivity index (χ2v) is 5.58. The zero-order valence-electron chi connectivity index (χ0n) is 8.64. The predicted octanol–water partition coefficient (Wildman–Crippen LogP) is 1.18. The van der Waals surface area contributed by atoms with Crippen LogP contribution in [0.2, 0.25) is 5.02 Å². The van der Waals surface area contributed by atoms with Gasteiger partial charge >= 0.3 is 0 Å². The molecule has 0 spiro atoms. The molecular formula is C10H11ClN2O2S. The molecule has 1 rings (SSSR count). The number of hydrogen-bond acceptors (Lipinski definition) is 3. The summed E-state index contributed by atoms with van der Waals surface area (Å²) in [5, 5.41) is 0.123. The molecule has 1 aromatic rings. The molecule has 0 saturated heterocycles. The van der Waals surface area contributed by atoms with Crippen LogP contribution in [0.1, 0.15) is 0 Å². The van der Waals surface area contributed by atoms with Gasteiger partial charge in [0.05, 0.1) is 11.6 Å². The van der Waals surface area contributed by atoms with Crippen molar-refractivity contribution in [3.63, 3.8) is 0 Å². The van der Waals surface area contributed by atoms with Gasteiger partial charge in [-0.2, -0.15) is 4.31 Å². The summed E-state index contributed by atoms with van der Waals surface area (Å²) >= 11 is 5.81. The lowest BCUT2D eigenvalue weighted by Gasteiger charge is -2.15. The number of nitrogen functional groups attached to an aromatic ring is 1. The molecule has 2 N–H and O–H groups in total. The Balaban J connectivity index is 3.28. The quantitative estimate of drug-likeness (QED) is 0.654. The van der Waals surface area contributed by atoms with E-state index >= 15 is 0 Å². The maximum absolute atomic E-state index is 12.0. The first kappa shape index (κ1) is 12.8. The highest BCUT2D eigenvalue weighted by atomic mass is 35.5. The van der Waals surface area contributed by atoms with Crippen molar-refractivity contribution in [2.75, 3.05) is 19.3 Å². The molecule has 86 valence electrons. The lowest BCUT2D eigenvalue weighted by molar-refractivity contribution is 0.503. The molecule has 0 unspecified atom stereocenters. The molecule has 0 aliphatic carbocycles. The monoisotopic (exact) mass is 258 g/mol. The Kier molecular flexibility index (Phi) is 3.81. The van der Waals surface area contributed by atoms with Gasteiger partial charge in [-0.15, -0.1) is 6.42 Å². The van der Waals surface area contributed by atoms with Gasteiger partial charge in [0.25, 0.3) is 0 Å². The van der Waals surface area contributed by atoms with Crippen molar-refractivity contribution >= 4 is 27.3 Å². The molecule has 0 radical (unpaired) electrons. The van der Waals surface area contributed by atoms with Crippen LogP contribution < -0.4 is 5.73 Å². The highest BCUT2D eigenvalue weighted by Gasteiger charge is 2.22. The van der Waals surface area contributed by atoms with Crippen LogP contribution in [0, 0.1) is 12.3 Å². The highest BCUT2D eigenvalue weighted by Crippen LogP contribution is 2.25. The first-order valence-electron chi connectivity index (χ1n) is 4.34. The van der Waals surface area contributed by atoms with Crippen LogP contribution in [0.5, 0.6) is 0 Å². The fourth-order valence-corrected chi connectivity index (χ4v) is 2.69. The van der Waals surface area contributed by atoms with Gasteiger partial charge in [-0.3, -0.25) is 0 Å². The largest absolute Gasteiger partial charge is 0.399 e. The summed E-state index contributed by atoms with van der Waals surface area (Å²) in [6.07, 6.45) is 5.06. The van der Waals surface area contributed by atoms with Crippen molar-refractivity contribution in [3.05, 3.63) is 23.2 Å². The number of nitrogens with zero attached hydrogens (tertiary/aromatic N) is 1. The van der Waals surface area contributed by atoms with E-state index in [0.29, 0.717) is 5.69 Å². The molecule has 0 heterocycles. The van der Waals surface area contributed by atoms with Crippen molar-refractivity contribution in [3.8, 4) is 12.3 Å². The molecule has 16 heavy (non-hydrogen) atoms. The van der Waals surface area contributed by atoms with Crippen LogP contribution in [-0.4, -0.2) is 26.3 Å². The summed E-state index contributed by atoms with van der Waals surface area (Å²) in [6.45, 7) is -0.0204. The van der Waals surface area contributed by atoms with Crippen molar-refractivity contribution in [2.24, 2.45) is 0 Å². The fraction of sp³-hybridized carbons (Fsp3) is 0.200. The third-order valence-electron chi connectivity index (χ3n) is 1.96. The van der Waals surface area contributed by atoms with E-state index in [1.807, 2.05) is 0 Å². The van der Waals surface area contributed by atoms with Crippen LogP contribution in [0.3, 0.4) is 0 Å². The van der Waals surface area contributed by atoms with E-state index in [1.165, 1.54) is 25.2 Å². The van der Waals surface area contributed by atoms with Crippen LogP contribution in [0.4, 0.5) is 5.69 Å². The number of rotatable bonds is 3. The van der Waals surface area contributed by atoms with E-state index in [4.69, 9.17) is 23.8 Å². The third-order valence-corrected chi connectivity index (χ3v) is 4.24. The van der Waals surface area contributed by atoms with Gasteiger partial charge in [-0.25, -0.2) is 8.42 Å². The first-order valence-corrected chi connectivity index (χ1v) is 6.16. The second kappa shape index (κ2) is 4.74. The normalized spacial score (nSPS) is 11.4. The number of hydrogen-bond donors (Lipinski definition) is 1. The smallest absolute Gasteiger partial charge is 0.245 e. The molecule has 0 aromatic heterocycles. The van der Waals surface area contributed by atoms with Crippen molar-refractivity contribution in [1.29, 1.82) is 0 Å². The van der Waals surface area contributed by atoms with E-state index < -0.39 is 10.0 Å². The summed E-state index contributed by atoms with van der Waals surface area (Å²) < 4.78 is 25.0. The Labute approximate surface area is 100 Å². The lowest BCUT2D eigenvalue weighted by atomic mass is 10.3. The van der Waals surface area contributed by atoms with E-state index in [0.717, 1.165) is 4.31 Å². The van der Waals surface area contributed by atoms with Gasteiger partial charge in [0.15, 0.2) is 0 Å². The van der Waals surface area contributed by atoms with Gasteiger partial charge in [0.1, 0.15) is 4.90 Å². The van der Waals surface area contributed by atoms with Crippen molar-refractivity contribution in [1.82, 2.24) is 4.31 Å². The standard InChI is InChI=1S/C10H11ClN2O2S/c1-3-6-13(2)16(14,15)10-7-8(12)4-5-9(10)11/h1,4-5,7H,6,12H2,2H3. The van der Waals surface area contributed by atoms with Gasteiger partial charge in [0.2, 0.25) is 10.0 Å². The highest BCUT2D eigenvalue weighted by molar-refractivity contribution is 7.89. The van der Waals surface area contributed by atoms with Crippen LogP contribution in [-0.2, 0) is 10.0 Å². The molecule has 0 aliphatic heterocycles. The zero-order valence-corrected chi connectivity index (χ0v) is 10.2. The van der Waals surface area contributed by atoms with Gasteiger partial charge < -0.3 is 5.73 Å². The summed E-state index contributed by atoms with van der Waals surface area (Å²) in [4.78, 5) is -0.0353. The third kappa shape index (κ3) is 2.47. The molecule has 4 nitrogen and oxygen atoms in total. The molecule has 0 saturated carbocycles. The zero-order chi connectivity index (χ0) is 12.3. The van der Waals surface area contributed by atoms with Crippen LogP contribution in [0.25, 0.3) is 0 Å². The number of sulfonamides is 1. The SMILES string of the molecule is C#CCN(C)S(=O)(=O)c1cc(N)ccc1Cl.